The summed E-state index contributed by atoms with van der Waals surface area (Å²) in [7, 11) is 0. The second-order valence-corrected chi connectivity index (χ2v) is 6.74. The highest BCUT2D eigenvalue weighted by Crippen LogP contribution is 2.29. The van der Waals surface area contributed by atoms with Crippen LogP contribution >= 0.6 is 0 Å². The van der Waals surface area contributed by atoms with Crippen molar-refractivity contribution in [2.75, 3.05) is 5.43 Å². The van der Waals surface area contributed by atoms with Crippen LogP contribution in [0.5, 0.6) is 0 Å². The third-order valence-corrected chi connectivity index (χ3v) is 4.50. The van der Waals surface area contributed by atoms with Crippen molar-refractivity contribution in [3.63, 3.8) is 0 Å². The Kier molecular flexibility index (Phi) is 8.23. The fourth-order valence-electron chi connectivity index (χ4n) is 2.78. The maximum absolute atomic E-state index is 11.4. The van der Waals surface area contributed by atoms with Gasteiger partial charge in [0.05, 0.1) is 20.8 Å². The summed E-state index contributed by atoms with van der Waals surface area (Å²) in [6.07, 6.45) is 3.65. The number of nitrogens with zero attached hydrogens (tertiary/aromatic N) is 5. The molecule has 0 unspecified atom stereocenters. The molecule has 1 heterocycles. The second kappa shape index (κ2) is 10.9. The zero-order chi connectivity index (χ0) is 23.3. The molecular weight excluding hydrogens is 500 g/mol. The molecule has 0 aliphatic rings. The molecular formula is C20H17BrN6O6. The van der Waals surface area contributed by atoms with Gasteiger partial charge in [0, 0.05) is 35.9 Å². The van der Waals surface area contributed by atoms with Gasteiger partial charge in [-0.05, 0) is 30.7 Å². The number of halogens is 1. The van der Waals surface area contributed by atoms with Gasteiger partial charge < -0.3 is 17.0 Å². The number of hydrogen-bond donors (Lipinski definition) is 1. The highest BCUT2D eigenvalue weighted by Gasteiger charge is 2.20. The predicted octanol–water partition coefficient (Wildman–Crippen LogP) is 0.528. The Bertz CT molecular complexity index is 1210. The molecule has 0 radical (unpaired) electrons. The molecule has 0 saturated carbocycles. The van der Waals surface area contributed by atoms with Crippen LogP contribution in [0.2, 0.25) is 0 Å². The Morgan fingerprint density at radius 3 is 2.00 bits per heavy atom. The van der Waals surface area contributed by atoms with Crippen LogP contribution in [0.4, 0.5) is 22.7 Å². The van der Waals surface area contributed by atoms with E-state index in [0.29, 0.717) is 11.3 Å². The summed E-state index contributed by atoms with van der Waals surface area (Å²) in [6, 6.07) is 12.7. The number of aromatic nitrogens is 1. The Balaban J connectivity index is 0.00000385. The maximum atomic E-state index is 11.4. The summed E-state index contributed by atoms with van der Waals surface area (Å²) < 4.78 is 1.82. The molecule has 0 atom stereocenters. The van der Waals surface area contributed by atoms with E-state index in [4.69, 9.17) is 0 Å². The van der Waals surface area contributed by atoms with Crippen molar-refractivity contribution in [3.8, 4) is 0 Å². The Morgan fingerprint density at radius 1 is 0.879 bits per heavy atom. The van der Waals surface area contributed by atoms with E-state index in [0.717, 1.165) is 17.7 Å². The zero-order valence-corrected chi connectivity index (χ0v) is 18.7. The van der Waals surface area contributed by atoms with Gasteiger partial charge in [0.15, 0.2) is 18.9 Å². The minimum Gasteiger partial charge on any atom is -1.00 e. The van der Waals surface area contributed by atoms with Crippen molar-refractivity contribution >= 4 is 28.5 Å². The molecule has 33 heavy (non-hydrogen) atoms. The minimum atomic E-state index is -0.745. The van der Waals surface area contributed by atoms with Gasteiger partial charge in [-0.3, -0.25) is 35.8 Å². The topological polar surface area (TPSA) is 158 Å². The number of aryl methyl sites for hydroxylation is 1. The molecule has 1 aromatic heterocycles. The van der Waals surface area contributed by atoms with Crippen LogP contribution in [0, 0.1) is 37.3 Å². The number of non-ortho nitro benzene ring substituents is 2. The number of nitro benzene ring substituents is 3. The van der Waals surface area contributed by atoms with E-state index in [9.17, 15) is 30.3 Å². The van der Waals surface area contributed by atoms with Crippen molar-refractivity contribution in [1.29, 1.82) is 0 Å². The standard InChI is InChI=1S/C20H17N6O6.BrH/c1-14-8-10-23(11-9-14)13-19(15-2-4-16(5-3-15)24(27)28)22-21-18-7-6-17(25(29)30)12-20(18)26(31)32;/h2-12,21H,13H2,1H3;1H/q+1;/p-1/b22-19-;. The number of pyridine rings is 1. The molecule has 0 saturated heterocycles. The lowest BCUT2D eigenvalue weighted by Gasteiger charge is -2.07. The quantitative estimate of drug-likeness (QED) is 0.198. The lowest BCUT2D eigenvalue weighted by molar-refractivity contribution is -0.681. The van der Waals surface area contributed by atoms with Gasteiger partial charge in [0.2, 0.25) is 0 Å². The molecule has 0 spiro atoms. The summed E-state index contributed by atoms with van der Waals surface area (Å²) in [5.74, 6) is 0. The number of anilines is 1. The lowest BCUT2D eigenvalue weighted by Crippen LogP contribution is -3.00. The van der Waals surface area contributed by atoms with Gasteiger partial charge in [-0.25, -0.2) is 0 Å². The highest BCUT2D eigenvalue weighted by atomic mass is 79.9. The molecule has 2 aromatic carbocycles. The molecule has 1 N–H and O–H groups in total. The summed E-state index contributed by atoms with van der Waals surface area (Å²) in [5, 5.41) is 37.5. The molecule has 0 bridgehead atoms. The van der Waals surface area contributed by atoms with Gasteiger partial charge in [0.25, 0.3) is 11.4 Å². The smallest absolute Gasteiger partial charge is 0.301 e. The maximum Gasteiger partial charge on any atom is 0.301 e. The minimum absolute atomic E-state index is 0. The summed E-state index contributed by atoms with van der Waals surface area (Å²) in [6.45, 7) is 2.19. The summed E-state index contributed by atoms with van der Waals surface area (Å²) in [4.78, 5) is 31.2. The zero-order valence-electron chi connectivity index (χ0n) is 17.1. The van der Waals surface area contributed by atoms with Crippen LogP contribution in [-0.2, 0) is 6.54 Å². The number of hydrogen-bond acceptors (Lipinski definition) is 8. The fourth-order valence-corrected chi connectivity index (χ4v) is 2.78. The largest absolute Gasteiger partial charge is 1.00 e. The van der Waals surface area contributed by atoms with Crippen LogP contribution in [0.3, 0.4) is 0 Å². The molecule has 0 fully saturated rings. The number of hydrazone groups is 1. The first-order valence-electron chi connectivity index (χ1n) is 9.20. The molecule has 3 aromatic rings. The monoisotopic (exact) mass is 516 g/mol. The normalized spacial score (nSPS) is 10.8. The number of rotatable bonds is 8. The number of benzene rings is 2. The van der Waals surface area contributed by atoms with Crippen LogP contribution in [0.25, 0.3) is 0 Å². The molecule has 0 aliphatic carbocycles. The van der Waals surface area contributed by atoms with E-state index < -0.39 is 26.1 Å². The van der Waals surface area contributed by atoms with Gasteiger partial charge >= 0.3 is 5.69 Å². The Morgan fingerprint density at radius 2 is 1.45 bits per heavy atom. The van der Waals surface area contributed by atoms with Crippen LogP contribution < -0.4 is 27.0 Å². The van der Waals surface area contributed by atoms with E-state index in [1.54, 1.807) is 0 Å². The Labute approximate surface area is 197 Å². The van der Waals surface area contributed by atoms with Crippen LogP contribution in [0.1, 0.15) is 11.1 Å². The van der Waals surface area contributed by atoms with Gasteiger partial charge in [-0.2, -0.15) is 9.67 Å². The second-order valence-electron chi connectivity index (χ2n) is 6.74. The van der Waals surface area contributed by atoms with Crippen molar-refractivity contribution in [2.45, 2.75) is 13.5 Å². The molecule has 12 nitrogen and oxygen atoms in total. The average molecular weight is 517 g/mol. The molecule has 170 valence electrons. The first-order valence-corrected chi connectivity index (χ1v) is 9.20. The number of nitro groups is 3. The van der Waals surface area contributed by atoms with Crippen LogP contribution in [0.15, 0.2) is 72.1 Å². The van der Waals surface area contributed by atoms with E-state index >= 15 is 0 Å². The number of nitrogens with one attached hydrogen (secondary N) is 1. The molecule has 0 amide bonds. The van der Waals surface area contributed by atoms with Gasteiger partial charge in [-0.15, -0.1) is 0 Å². The highest BCUT2D eigenvalue weighted by molar-refractivity contribution is 6.00. The van der Waals surface area contributed by atoms with E-state index in [1.807, 2.05) is 36.0 Å². The van der Waals surface area contributed by atoms with Crippen molar-refractivity contribution in [3.05, 3.63) is 108 Å². The summed E-state index contributed by atoms with van der Waals surface area (Å²) >= 11 is 0. The third-order valence-electron chi connectivity index (χ3n) is 4.50. The Hall–Kier alpha value is -4.26. The molecule has 3 rings (SSSR count). The van der Waals surface area contributed by atoms with Crippen molar-refractivity contribution in [1.82, 2.24) is 0 Å². The van der Waals surface area contributed by atoms with Gasteiger partial charge in [-0.1, -0.05) is 0 Å². The van der Waals surface area contributed by atoms with Gasteiger partial charge in [0.1, 0.15) is 11.4 Å². The van der Waals surface area contributed by atoms with Crippen molar-refractivity contribution in [2.24, 2.45) is 5.10 Å². The SMILES string of the molecule is Cc1cc[n+](C/C(=N/Nc2ccc([N+](=O)[O-])cc2[N+](=O)[O-])c2ccc([N+](=O)[O-])cc2)cc1.[Br-]. The molecule has 0 aliphatic heterocycles. The fraction of sp³-hybridized carbons (Fsp3) is 0.100. The van der Waals surface area contributed by atoms with Crippen LogP contribution in [-0.4, -0.2) is 20.5 Å². The first-order chi connectivity index (χ1) is 15.2. The van der Waals surface area contributed by atoms with E-state index in [2.05, 4.69) is 10.5 Å². The first kappa shape index (κ1) is 25.0. The third kappa shape index (κ3) is 6.36. The average Bonchev–Trinajstić information content (AvgIpc) is 2.77. The van der Waals surface area contributed by atoms with Crippen molar-refractivity contribution < 1.29 is 36.3 Å². The summed E-state index contributed by atoms with van der Waals surface area (Å²) in [5.41, 5.74) is 3.60. The van der Waals surface area contributed by atoms with E-state index in [-0.39, 0.29) is 34.9 Å². The van der Waals surface area contributed by atoms with E-state index in [1.165, 1.54) is 30.3 Å². The predicted molar refractivity (Wildman–Crippen MR) is 114 cm³/mol. The molecule has 13 heteroatoms. The lowest BCUT2D eigenvalue weighted by atomic mass is 10.1.